The predicted molar refractivity (Wildman–Crippen MR) is 76.1 cm³/mol. The van der Waals surface area contributed by atoms with Crippen molar-refractivity contribution in [2.75, 3.05) is 0 Å². The first-order chi connectivity index (χ1) is 8.95. The molecular formula is C14H21NO3S. The SMILES string of the molecule is CCC(CC)(CC(=O)NC(C)c1cccs1)C(=O)O. The lowest BCUT2D eigenvalue weighted by Gasteiger charge is -2.26. The topological polar surface area (TPSA) is 66.4 Å². The summed E-state index contributed by atoms with van der Waals surface area (Å²) in [5.74, 6) is -1.09. The summed E-state index contributed by atoms with van der Waals surface area (Å²) in [5.41, 5.74) is -0.945. The van der Waals surface area contributed by atoms with Crippen LogP contribution in [0.15, 0.2) is 17.5 Å². The normalized spacial score (nSPS) is 13.0. The average molecular weight is 283 g/mol. The minimum Gasteiger partial charge on any atom is -0.481 e. The minimum atomic E-state index is -0.945. The van der Waals surface area contributed by atoms with Crippen molar-refractivity contribution in [2.45, 2.75) is 46.1 Å². The summed E-state index contributed by atoms with van der Waals surface area (Å²) in [5, 5.41) is 14.1. The Kier molecular flexibility index (Phi) is 5.54. The van der Waals surface area contributed by atoms with Crippen LogP contribution < -0.4 is 5.32 Å². The van der Waals surface area contributed by atoms with Crippen LogP contribution in [0.4, 0.5) is 0 Å². The highest BCUT2D eigenvalue weighted by Crippen LogP contribution is 2.31. The van der Waals surface area contributed by atoms with Gasteiger partial charge in [-0.1, -0.05) is 19.9 Å². The maximum absolute atomic E-state index is 12.0. The molecule has 0 bridgehead atoms. The highest BCUT2D eigenvalue weighted by Gasteiger charge is 2.37. The Labute approximate surface area is 117 Å². The average Bonchev–Trinajstić information content (AvgIpc) is 2.89. The van der Waals surface area contributed by atoms with Gasteiger partial charge < -0.3 is 10.4 Å². The van der Waals surface area contributed by atoms with E-state index in [0.29, 0.717) is 12.8 Å². The van der Waals surface area contributed by atoms with Crippen LogP contribution in [0.2, 0.25) is 0 Å². The van der Waals surface area contributed by atoms with E-state index in [1.54, 1.807) is 11.3 Å². The summed E-state index contributed by atoms with van der Waals surface area (Å²) < 4.78 is 0. The van der Waals surface area contributed by atoms with Crippen molar-refractivity contribution in [1.82, 2.24) is 5.32 Å². The van der Waals surface area contributed by atoms with E-state index in [-0.39, 0.29) is 18.4 Å². The minimum absolute atomic E-state index is 0.0328. The number of hydrogen-bond acceptors (Lipinski definition) is 3. The van der Waals surface area contributed by atoms with Gasteiger partial charge in [-0.2, -0.15) is 0 Å². The number of carboxylic acid groups (broad SMARTS) is 1. The first-order valence-corrected chi connectivity index (χ1v) is 7.39. The van der Waals surface area contributed by atoms with Crippen LogP contribution in [0.25, 0.3) is 0 Å². The fourth-order valence-corrected chi connectivity index (χ4v) is 2.82. The van der Waals surface area contributed by atoms with Gasteiger partial charge in [0.05, 0.1) is 11.5 Å². The van der Waals surface area contributed by atoms with Crippen molar-refractivity contribution in [1.29, 1.82) is 0 Å². The lowest BCUT2D eigenvalue weighted by atomic mass is 9.79. The third kappa shape index (κ3) is 3.80. The van der Waals surface area contributed by atoms with Crippen LogP contribution in [0.1, 0.15) is 51.0 Å². The zero-order valence-electron chi connectivity index (χ0n) is 11.6. The van der Waals surface area contributed by atoms with Crippen LogP contribution in [0.5, 0.6) is 0 Å². The molecule has 0 aliphatic heterocycles. The molecule has 4 nitrogen and oxygen atoms in total. The zero-order valence-corrected chi connectivity index (χ0v) is 12.4. The van der Waals surface area contributed by atoms with Crippen molar-refractivity contribution < 1.29 is 14.7 Å². The van der Waals surface area contributed by atoms with E-state index < -0.39 is 11.4 Å². The number of thiophene rings is 1. The van der Waals surface area contributed by atoms with E-state index in [0.717, 1.165) is 4.88 Å². The standard InChI is InChI=1S/C14H21NO3S/c1-4-14(5-2,13(17)18)9-12(16)15-10(3)11-7-6-8-19-11/h6-8,10H,4-5,9H2,1-3H3,(H,15,16)(H,17,18). The third-order valence-corrected chi connectivity index (χ3v) is 4.71. The van der Waals surface area contributed by atoms with Gasteiger partial charge in [-0.15, -0.1) is 11.3 Å². The molecule has 106 valence electrons. The lowest BCUT2D eigenvalue weighted by molar-refractivity contribution is -0.152. The number of rotatable bonds is 7. The maximum atomic E-state index is 12.0. The molecule has 0 aliphatic carbocycles. The number of hydrogen-bond donors (Lipinski definition) is 2. The largest absolute Gasteiger partial charge is 0.481 e. The zero-order chi connectivity index (χ0) is 14.5. The van der Waals surface area contributed by atoms with Crippen LogP contribution in [-0.4, -0.2) is 17.0 Å². The number of amides is 1. The van der Waals surface area contributed by atoms with Gasteiger partial charge in [0.1, 0.15) is 0 Å². The van der Waals surface area contributed by atoms with E-state index >= 15 is 0 Å². The number of carboxylic acids is 1. The Morgan fingerprint density at radius 2 is 2.05 bits per heavy atom. The van der Waals surface area contributed by atoms with E-state index in [2.05, 4.69) is 5.32 Å². The van der Waals surface area contributed by atoms with Crippen LogP contribution in [-0.2, 0) is 9.59 Å². The number of carbonyl (C=O) groups excluding carboxylic acids is 1. The highest BCUT2D eigenvalue weighted by molar-refractivity contribution is 7.10. The summed E-state index contributed by atoms with van der Waals surface area (Å²) in [6, 6.07) is 3.81. The lowest BCUT2D eigenvalue weighted by Crippen LogP contribution is -2.37. The third-order valence-electron chi connectivity index (χ3n) is 3.65. The monoisotopic (exact) mass is 283 g/mol. The molecule has 2 N–H and O–H groups in total. The molecule has 0 fully saturated rings. The second-order valence-electron chi connectivity index (χ2n) is 4.77. The molecule has 0 saturated carbocycles. The van der Waals surface area contributed by atoms with Gasteiger partial charge in [0.25, 0.3) is 0 Å². The fraction of sp³-hybridized carbons (Fsp3) is 0.571. The molecule has 1 aromatic heterocycles. The van der Waals surface area contributed by atoms with E-state index in [1.807, 2.05) is 38.3 Å². The smallest absolute Gasteiger partial charge is 0.310 e. The molecule has 19 heavy (non-hydrogen) atoms. The maximum Gasteiger partial charge on any atom is 0.310 e. The van der Waals surface area contributed by atoms with Gasteiger partial charge in [0.2, 0.25) is 5.91 Å². The molecule has 1 unspecified atom stereocenters. The second-order valence-corrected chi connectivity index (χ2v) is 5.75. The molecule has 1 aromatic rings. The molecule has 0 radical (unpaired) electrons. The van der Waals surface area contributed by atoms with Crippen molar-refractivity contribution in [3.63, 3.8) is 0 Å². The Bertz CT molecular complexity index is 424. The Morgan fingerprint density at radius 3 is 2.47 bits per heavy atom. The van der Waals surface area contributed by atoms with E-state index in [9.17, 15) is 14.7 Å². The summed E-state index contributed by atoms with van der Waals surface area (Å²) in [6.45, 7) is 5.53. The molecule has 1 amide bonds. The van der Waals surface area contributed by atoms with Crippen molar-refractivity contribution in [3.05, 3.63) is 22.4 Å². The number of nitrogens with one attached hydrogen (secondary N) is 1. The van der Waals surface area contributed by atoms with Gasteiger partial charge >= 0.3 is 5.97 Å². The summed E-state index contributed by atoms with van der Waals surface area (Å²) in [6.07, 6.45) is 0.949. The first kappa shape index (κ1) is 15.7. The molecule has 0 aliphatic rings. The Hall–Kier alpha value is -1.36. The van der Waals surface area contributed by atoms with E-state index in [4.69, 9.17) is 0 Å². The van der Waals surface area contributed by atoms with Crippen LogP contribution >= 0.6 is 11.3 Å². The molecule has 1 rings (SSSR count). The highest BCUT2D eigenvalue weighted by atomic mass is 32.1. The number of aliphatic carboxylic acids is 1. The van der Waals surface area contributed by atoms with Gasteiger partial charge in [-0.25, -0.2) is 0 Å². The number of carbonyl (C=O) groups is 2. The van der Waals surface area contributed by atoms with Gasteiger partial charge in [0.15, 0.2) is 0 Å². The van der Waals surface area contributed by atoms with Gasteiger partial charge in [0, 0.05) is 11.3 Å². The molecule has 5 heteroatoms. The quantitative estimate of drug-likeness (QED) is 0.807. The molecule has 1 heterocycles. The second kappa shape index (κ2) is 6.70. The molecular weight excluding hydrogens is 262 g/mol. The predicted octanol–water partition coefficient (Wildman–Crippen LogP) is 3.21. The van der Waals surface area contributed by atoms with Crippen molar-refractivity contribution in [2.24, 2.45) is 5.41 Å². The van der Waals surface area contributed by atoms with Gasteiger partial charge in [-0.05, 0) is 31.2 Å². The van der Waals surface area contributed by atoms with E-state index in [1.165, 1.54) is 0 Å². The van der Waals surface area contributed by atoms with Crippen LogP contribution in [0, 0.1) is 5.41 Å². The van der Waals surface area contributed by atoms with Crippen LogP contribution in [0.3, 0.4) is 0 Å². The molecule has 0 aromatic carbocycles. The van der Waals surface area contributed by atoms with Crippen molar-refractivity contribution >= 4 is 23.2 Å². The summed E-state index contributed by atoms with van der Waals surface area (Å²) >= 11 is 1.58. The molecule has 0 spiro atoms. The molecule has 0 saturated heterocycles. The Balaban J connectivity index is 2.66. The van der Waals surface area contributed by atoms with Crippen molar-refractivity contribution in [3.8, 4) is 0 Å². The summed E-state index contributed by atoms with van der Waals surface area (Å²) in [7, 11) is 0. The Morgan fingerprint density at radius 1 is 1.42 bits per heavy atom. The van der Waals surface area contributed by atoms with Gasteiger partial charge in [-0.3, -0.25) is 9.59 Å². The summed E-state index contributed by atoms with van der Waals surface area (Å²) in [4.78, 5) is 24.4. The first-order valence-electron chi connectivity index (χ1n) is 6.51. The fourth-order valence-electron chi connectivity index (χ4n) is 2.09. The molecule has 1 atom stereocenters.